The maximum atomic E-state index is 11.4. The predicted octanol–water partition coefficient (Wildman–Crippen LogP) is 1.68. The molecule has 21 heavy (non-hydrogen) atoms. The summed E-state index contributed by atoms with van der Waals surface area (Å²) in [6.07, 6.45) is 3.43. The van der Waals surface area contributed by atoms with E-state index in [1.165, 1.54) is 12.8 Å². The lowest BCUT2D eigenvalue weighted by atomic mass is 9.78. The van der Waals surface area contributed by atoms with E-state index in [1.54, 1.807) is 11.6 Å². The van der Waals surface area contributed by atoms with Gasteiger partial charge < -0.3 is 10.6 Å². The molecule has 7 heteroatoms. The lowest BCUT2D eigenvalue weighted by Crippen LogP contribution is -2.38. The van der Waals surface area contributed by atoms with Crippen LogP contribution in [0.3, 0.4) is 0 Å². The third-order valence-electron chi connectivity index (χ3n) is 5.01. The van der Waals surface area contributed by atoms with Crippen molar-refractivity contribution >= 4 is 11.5 Å². The summed E-state index contributed by atoms with van der Waals surface area (Å²) >= 11 is 0. The fourth-order valence-electron chi connectivity index (χ4n) is 4.00. The molecule has 3 rings (SSSR count). The molecule has 2 N–H and O–H groups in total. The van der Waals surface area contributed by atoms with Crippen LogP contribution in [0.2, 0.25) is 0 Å². The second-order valence-corrected chi connectivity index (χ2v) is 6.25. The highest BCUT2D eigenvalue weighted by molar-refractivity contribution is 5.62. The molecule has 1 saturated heterocycles. The molecule has 2 heterocycles. The number of hydrogen-bond acceptors (Lipinski definition) is 5. The van der Waals surface area contributed by atoms with Crippen LogP contribution in [0.15, 0.2) is 0 Å². The van der Waals surface area contributed by atoms with Crippen LogP contribution in [0.25, 0.3) is 0 Å². The Labute approximate surface area is 124 Å². The SMILES string of the molecule is CCn1nc(C)c([N+](=O)[O-])c1N1CC2CCCC(N)C2C1. The number of aryl methyl sites for hydroxylation is 2. The Morgan fingerprint density at radius 2 is 2.19 bits per heavy atom. The van der Waals surface area contributed by atoms with Crippen molar-refractivity contribution in [3.8, 4) is 0 Å². The van der Waals surface area contributed by atoms with Crippen molar-refractivity contribution in [1.82, 2.24) is 9.78 Å². The van der Waals surface area contributed by atoms with Crippen LogP contribution < -0.4 is 10.6 Å². The summed E-state index contributed by atoms with van der Waals surface area (Å²) in [5.74, 6) is 1.69. The summed E-state index contributed by atoms with van der Waals surface area (Å²) in [6.45, 7) is 6.00. The second-order valence-electron chi connectivity index (χ2n) is 6.25. The van der Waals surface area contributed by atoms with Gasteiger partial charge in [0.2, 0.25) is 5.82 Å². The third-order valence-corrected chi connectivity index (χ3v) is 5.01. The van der Waals surface area contributed by atoms with Gasteiger partial charge in [-0.1, -0.05) is 6.42 Å². The Hall–Kier alpha value is -1.63. The summed E-state index contributed by atoms with van der Waals surface area (Å²) in [5, 5.41) is 15.7. The first kappa shape index (κ1) is 14.3. The monoisotopic (exact) mass is 293 g/mol. The molecule has 2 aliphatic rings. The van der Waals surface area contributed by atoms with Gasteiger partial charge in [0.15, 0.2) is 0 Å². The lowest BCUT2D eigenvalue weighted by Gasteiger charge is -2.29. The van der Waals surface area contributed by atoms with Crippen LogP contribution in [-0.4, -0.2) is 33.8 Å². The van der Waals surface area contributed by atoms with Crippen LogP contribution in [-0.2, 0) is 6.54 Å². The highest BCUT2D eigenvalue weighted by atomic mass is 16.6. The van der Waals surface area contributed by atoms with Crippen molar-refractivity contribution in [3.63, 3.8) is 0 Å². The zero-order valence-electron chi connectivity index (χ0n) is 12.7. The van der Waals surface area contributed by atoms with E-state index in [0.717, 1.165) is 19.5 Å². The molecule has 2 fully saturated rings. The largest absolute Gasteiger partial charge is 0.350 e. The topological polar surface area (TPSA) is 90.2 Å². The Morgan fingerprint density at radius 3 is 2.81 bits per heavy atom. The van der Waals surface area contributed by atoms with Crippen molar-refractivity contribution in [3.05, 3.63) is 15.8 Å². The summed E-state index contributed by atoms with van der Waals surface area (Å²) < 4.78 is 1.76. The first-order valence-electron chi connectivity index (χ1n) is 7.75. The number of nitrogens with two attached hydrogens (primary N) is 1. The number of rotatable bonds is 3. The standard InChI is InChI=1S/C14H23N5O2/c1-3-18-14(13(19(20)21)9(2)16-18)17-7-10-5-4-6-12(15)11(10)8-17/h10-12H,3-8,15H2,1-2H3. The quantitative estimate of drug-likeness (QED) is 0.676. The molecule has 3 unspecified atom stereocenters. The first-order chi connectivity index (χ1) is 10.0. The molecule has 3 atom stereocenters. The average molecular weight is 293 g/mol. The van der Waals surface area contributed by atoms with E-state index in [1.807, 2.05) is 6.92 Å². The maximum absolute atomic E-state index is 11.4. The van der Waals surface area contributed by atoms with E-state index >= 15 is 0 Å². The number of fused-ring (bicyclic) bond motifs is 1. The molecule has 1 aliphatic heterocycles. The zero-order valence-corrected chi connectivity index (χ0v) is 12.7. The molecular formula is C14H23N5O2. The van der Waals surface area contributed by atoms with Gasteiger partial charge in [-0.05, 0) is 38.5 Å². The summed E-state index contributed by atoms with van der Waals surface area (Å²) in [4.78, 5) is 13.2. The van der Waals surface area contributed by atoms with Gasteiger partial charge in [-0.15, -0.1) is 0 Å². The van der Waals surface area contributed by atoms with Crippen molar-refractivity contribution < 1.29 is 4.92 Å². The van der Waals surface area contributed by atoms with Gasteiger partial charge in [-0.2, -0.15) is 5.10 Å². The van der Waals surface area contributed by atoms with Gasteiger partial charge in [0.1, 0.15) is 5.69 Å². The average Bonchev–Trinajstić information content (AvgIpc) is 2.99. The van der Waals surface area contributed by atoms with E-state index in [9.17, 15) is 10.1 Å². The molecule has 7 nitrogen and oxygen atoms in total. The van der Waals surface area contributed by atoms with Crippen molar-refractivity contribution in [2.75, 3.05) is 18.0 Å². The fraction of sp³-hybridized carbons (Fsp3) is 0.786. The fourth-order valence-corrected chi connectivity index (χ4v) is 4.00. The van der Waals surface area contributed by atoms with Crippen LogP contribution in [0.1, 0.15) is 31.9 Å². The number of hydrogen-bond donors (Lipinski definition) is 1. The van der Waals surface area contributed by atoms with Gasteiger partial charge in [0.25, 0.3) is 0 Å². The number of anilines is 1. The Balaban J connectivity index is 1.96. The minimum atomic E-state index is -0.300. The molecule has 0 aromatic carbocycles. The van der Waals surface area contributed by atoms with Crippen molar-refractivity contribution in [2.24, 2.45) is 17.6 Å². The number of aromatic nitrogens is 2. The first-order valence-corrected chi connectivity index (χ1v) is 7.75. The van der Waals surface area contributed by atoms with Gasteiger partial charge in [-0.25, -0.2) is 4.68 Å². The second kappa shape index (κ2) is 5.29. The van der Waals surface area contributed by atoms with Crippen LogP contribution in [0, 0.1) is 28.9 Å². The minimum absolute atomic E-state index is 0.157. The normalized spacial score (nSPS) is 28.7. The van der Waals surface area contributed by atoms with E-state index in [4.69, 9.17) is 5.73 Å². The smallest absolute Gasteiger partial charge is 0.333 e. The molecular weight excluding hydrogens is 270 g/mol. The Kier molecular flexibility index (Phi) is 3.61. The van der Waals surface area contributed by atoms with E-state index in [2.05, 4.69) is 10.00 Å². The Bertz CT molecular complexity index is 556. The molecule has 1 aromatic heterocycles. The van der Waals surface area contributed by atoms with E-state index < -0.39 is 0 Å². The van der Waals surface area contributed by atoms with Crippen LogP contribution in [0.4, 0.5) is 11.5 Å². The predicted molar refractivity (Wildman–Crippen MR) is 80.3 cm³/mol. The van der Waals surface area contributed by atoms with E-state index in [0.29, 0.717) is 29.9 Å². The van der Waals surface area contributed by atoms with Gasteiger partial charge in [0, 0.05) is 25.7 Å². The highest BCUT2D eigenvalue weighted by Crippen LogP contribution is 2.41. The number of nitro groups is 1. The molecule has 0 amide bonds. The number of nitrogens with zero attached hydrogens (tertiary/aromatic N) is 4. The van der Waals surface area contributed by atoms with Gasteiger partial charge in [-0.3, -0.25) is 10.1 Å². The van der Waals surface area contributed by atoms with E-state index in [-0.39, 0.29) is 16.7 Å². The maximum Gasteiger partial charge on any atom is 0.333 e. The van der Waals surface area contributed by atoms with Crippen LogP contribution >= 0.6 is 0 Å². The molecule has 0 spiro atoms. The molecule has 1 aliphatic carbocycles. The van der Waals surface area contributed by atoms with Crippen molar-refractivity contribution in [2.45, 2.75) is 45.7 Å². The zero-order chi connectivity index (χ0) is 15.1. The molecule has 0 radical (unpaired) electrons. The third kappa shape index (κ3) is 2.29. The summed E-state index contributed by atoms with van der Waals surface area (Å²) in [6, 6.07) is 0.229. The highest BCUT2D eigenvalue weighted by Gasteiger charge is 2.42. The Morgan fingerprint density at radius 1 is 1.43 bits per heavy atom. The molecule has 1 saturated carbocycles. The van der Waals surface area contributed by atoms with Gasteiger partial charge >= 0.3 is 5.69 Å². The molecule has 1 aromatic rings. The molecule has 116 valence electrons. The summed E-state index contributed by atoms with van der Waals surface area (Å²) in [5.41, 5.74) is 6.90. The van der Waals surface area contributed by atoms with Gasteiger partial charge in [0.05, 0.1) is 4.92 Å². The lowest BCUT2D eigenvalue weighted by molar-refractivity contribution is -0.384. The summed E-state index contributed by atoms with van der Waals surface area (Å²) in [7, 11) is 0. The molecule has 0 bridgehead atoms. The minimum Gasteiger partial charge on any atom is -0.350 e. The van der Waals surface area contributed by atoms with Crippen molar-refractivity contribution in [1.29, 1.82) is 0 Å². The van der Waals surface area contributed by atoms with Crippen LogP contribution in [0.5, 0.6) is 0 Å².